The number of rotatable bonds is 3. The molecule has 1 aliphatic rings. The second kappa shape index (κ2) is 8.31. The average Bonchev–Trinajstić information content (AvgIpc) is 3.09. The molecule has 0 radical (unpaired) electrons. The Hall–Kier alpha value is -3.06. The molecule has 3 aromatic heterocycles. The Bertz CT molecular complexity index is 1110. The molecule has 0 amide bonds. The zero-order chi connectivity index (χ0) is 19.3. The predicted octanol–water partition coefficient (Wildman–Crippen LogP) is 4.65. The number of H-pyrrole nitrogens is 1. The van der Waals surface area contributed by atoms with Crippen LogP contribution in [0.25, 0.3) is 21.5 Å². The zero-order valence-electron chi connectivity index (χ0n) is 15.6. The Morgan fingerprint density at radius 2 is 2.07 bits per heavy atom. The number of nitrogens with one attached hydrogen (secondary N) is 2. The predicted molar refractivity (Wildman–Crippen MR) is 116 cm³/mol. The van der Waals surface area contributed by atoms with E-state index in [0.717, 1.165) is 21.8 Å². The number of para-hydroxylation sites is 1. The summed E-state index contributed by atoms with van der Waals surface area (Å²) in [4.78, 5) is 26.6. The average molecular weight is 394 g/mol. The highest BCUT2D eigenvalue weighted by molar-refractivity contribution is 7.22. The van der Waals surface area contributed by atoms with Crippen molar-refractivity contribution in [2.45, 2.75) is 32.2 Å². The molecule has 0 spiro atoms. The third-order valence-corrected chi connectivity index (χ3v) is 5.68. The number of hydrogen-bond donors (Lipinski definition) is 2. The molecule has 3 heterocycles. The van der Waals surface area contributed by atoms with Crippen LogP contribution in [0.1, 0.15) is 26.3 Å². The zero-order valence-corrected chi connectivity index (χ0v) is 16.4. The maximum absolute atomic E-state index is 11.4. The van der Waals surface area contributed by atoms with Gasteiger partial charge in [0.2, 0.25) is 0 Å². The van der Waals surface area contributed by atoms with Gasteiger partial charge in [0.15, 0.2) is 5.13 Å². The van der Waals surface area contributed by atoms with Gasteiger partial charge in [0, 0.05) is 37.8 Å². The van der Waals surface area contributed by atoms with Gasteiger partial charge in [-0.3, -0.25) is 9.78 Å². The van der Waals surface area contributed by atoms with Gasteiger partial charge in [-0.2, -0.15) is 0 Å². The van der Waals surface area contributed by atoms with E-state index in [-0.39, 0.29) is 6.99 Å². The quantitative estimate of drug-likeness (QED) is 0.529. The van der Waals surface area contributed by atoms with Crippen LogP contribution in [0, 0.1) is 6.92 Å². The summed E-state index contributed by atoms with van der Waals surface area (Å²) in [6.07, 6.45) is 10.4. The summed E-state index contributed by atoms with van der Waals surface area (Å²) < 4.78 is 1.27. The van der Waals surface area contributed by atoms with Crippen LogP contribution < -0.4 is 10.9 Å². The van der Waals surface area contributed by atoms with E-state index in [2.05, 4.69) is 43.5 Å². The number of hydrogen-bond acceptors (Lipinski definition) is 6. The molecule has 0 aliphatic heterocycles. The van der Waals surface area contributed by atoms with Gasteiger partial charge in [-0.1, -0.05) is 23.5 Å². The van der Waals surface area contributed by atoms with Crippen molar-refractivity contribution in [2.75, 3.05) is 5.32 Å². The van der Waals surface area contributed by atoms with E-state index >= 15 is 0 Å². The third-order valence-electron chi connectivity index (χ3n) is 4.71. The van der Waals surface area contributed by atoms with Gasteiger partial charge in [0.25, 0.3) is 5.56 Å². The van der Waals surface area contributed by atoms with Crippen LogP contribution in [0.3, 0.4) is 0 Å². The Morgan fingerprint density at radius 1 is 1.21 bits per heavy atom. The molecule has 1 saturated carbocycles. The fourth-order valence-electron chi connectivity index (χ4n) is 2.94. The van der Waals surface area contributed by atoms with Crippen LogP contribution in [-0.4, -0.2) is 26.0 Å². The summed E-state index contributed by atoms with van der Waals surface area (Å²) in [7, 11) is 0. The molecule has 1 aromatic carbocycles. The fraction of sp³-hybridized carbons (Fsp3) is 0.238. The van der Waals surface area contributed by atoms with E-state index in [4.69, 9.17) is 0 Å². The standard InChI is InChI=1S/C11H12N2S.C10H9N3O.H2/c1-2-7-10-9(6-1)13-11(14-10)12-8-4-3-5-8;1-7-6-11-3-2-8(7)9-10(14)13-5-4-12-9;/h1-2,6-8H,3-5H2,(H,12,13);2-6H,1H3,(H,13,14);1H. The largest absolute Gasteiger partial charge is 0.359 e. The van der Waals surface area contributed by atoms with Crippen LogP contribution in [0.15, 0.2) is 59.9 Å². The number of aryl methyl sites for hydroxylation is 1. The SMILES string of the molecule is Cc1cnccc1-c1ncc[nH]c1=O.[HH].c1ccc2sc(NC3CCC3)nc2c1. The molecule has 4 aromatic rings. The van der Waals surface area contributed by atoms with Crippen molar-refractivity contribution in [2.24, 2.45) is 0 Å². The molecular formula is C21H23N5OS. The highest BCUT2D eigenvalue weighted by atomic mass is 32.1. The van der Waals surface area contributed by atoms with Crippen molar-refractivity contribution in [1.29, 1.82) is 0 Å². The Morgan fingerprint density at radius 3 is 2.79 bits per heavy atom. The Kier molecular flexibility index (Phi) is 5.43. The minimum atomic E-state index is -0.179. The van der Waals surface area contributed by atoms with Crippen LogP contribution >= 0.6 is 11.3 Å². The summed E-state index contributed by atoms with van der Waals surface area (Å²) in [5, 5.41) is 4.55. The number of benzene rings is 1. The molecule has 2 N–H and O–H groups in total. The highest BCUT2D eigenvalue weighted by Crippen LogP contribution is 2.29. The topological polar surface area (TPSA) is 83.6 Å². The van der Waals surface area contributed by atoms with Gasteiger partial charge in [-0.05, 0) is 49.9 Å². The first-order chi connectivity index (χ1) is 13.7. The molecule has 0 bridgehead atoms. The molecule has 28 heavy (non-hydrogen) atoms. The van der Waals surface area contributed by atoms with Gasteiger partial charge in [0.05, 0.1) is 10.2 Å². The molecular weight excluding hydrogens is 370 g/mol. The Labute approximate surface area is 168 Å². The molecule has 1 aliphatic carbocycles. The molecule has 5 rings (SSSR count). The lowest BCUT2D eigenvalue weighted by atomic mass is 9.93. The van der Waals surface area contributed by atoms with Crippen molar-refractivity contribution in [3.63, 3.8) is 0 Å². The number of fused-ring (bicyclic) bond motifs is 1. The first-order valence-electron chi connectivity index (χ1n) is 9.27. The molecule has 6 nitrogen and oxygen atoms in total. The van der Waals surface area contributed by atoms with E-state index in [1.54, 1.807) is 36.0 Å². The number of aromatic nitrogens is 4. The fourth-order valence-corrected chi connectivity index (χ4v) is 3.89. The molecule has 7 heteroatoms. The van der Waals surface area contributed by atoms with Gasteiger partial charge in [-0.25, -0.2) is 9.97 Å². The third kappa shape index (κ3) is 4.09. The van der Waals surface area contributed by atoms with Gasteiger partial charge >= 0.3 is 0 Å². The smallest absolute Gasteiger partial charge is 0.274 e. The molecule has 1 fully saturated rings. The molecule has 0 atom stereocenters. The molecule has 0 unspecified atom stereocenters. The lowest BCUT2D eigenvalue weighted by Crippen LogP contribution is -2.26. The normalized spacial score (nSPS) is 13.5. The van der Waals surface area contributed by atoms with Gasteiger partial charge < -0.3 is 10.3 Å². The summed E-state index contributed by atoms with van der Waals surface area (Å²) in [6, 6.07) is 10.8. The van der Waals surface area contributed by atoms with Crippen LogP contribution in [0.5, 0.6) is 0 Å². The van der Waals surface area contributed by atoms with Crippen molar-refractivity contribution in [3.05, 3.63) is 71.0 Å². The maximum Gasteiger partial charge on any atom is 0.274 e. The number of pyridine rings is 1. The van der Waals surface area contributed by atoms with E-state index in [1.165, 1.54) is 30.2 Å². The van der Waals surface area contributed by atoms with E-state index < -0.39 is 0 Å². The minimum absolute atomic E-state index is 0. The van der Waals surface area contributed by atoms with Gasteiger partial charge in [-0.15, -0.1) is 0 Å². The van der Waals surface area contributed by atoms with Crippen molar-refractivity contribution >= 4 is 26.7 Å². The maximum atomic E-state index is 11.4. The van der Waals surface area contributed by atoms with Gasteiger partial charge in [0.1, 0.15) is 5.69 Å². The summed E-state index contributed by atoms with van der Waals surface area (Å²) in [6.45, 7) is 1.90. The minimum Gasteiger partial charge on any atom is -0.359 e. The Balaban J connectivity index is 0.000000160. The monoisotopic (exact) mass is 393 g/mol. The summed E-state index contributed by atoms with van der Waals surface area (Å²) >= 11 is 1.75. The number of thiazole rings is 1. The summed E-state index contributed by atoms with van der Waals surface area (Å²) in [5.41, 5.74) is 3.13. The van der Waals surface area contributed by atoms with Crippen molar-refractivity contribution in [1.82, 2.24) is 19.9 Å². The summed E-state index contributed by atoms with van der Waals surface area (Å²) in [5.74, 6) is 0. The van der Waals surface area contributed by atoms with Crippen LogP contribution in [0.4, 0.5) is 5.13 Å². The second-order valence-electron chi connectivity index (χ2n) is 6.72. The second-order valence-corrected chi connectivity index (χ2v) is 7.75. The van der Waals surface area contributed by atoms with Crippen molar-refractivity contribution < 1.29 is 1.43 Å². The lowest BCUT2D eigenvalue weighted by Gasteiger charge is -2.25. The van der Waals surface area contributed by atoms with Crippen LogP contribution in [0.2, 0.25) is 0 Å². The van der Waals surface area contributed by atoms with E-state index in [1.807, 2.05) is 13.0 Å². The van der Waals surface area contributed by atoms with Crippen molar-refractivity contribution in [3.8, 4) is 11.3 Å². The van der Waals surface area contributed by atoms with E-state index in [9.17, 15) is 4.79 Å². The van der Waals surface area contributed by atoms with Crippen LogP contribution in [-0.2, 0) is 0 Å². The van der Waals surface area contributed by atoms with E-state index in [0.29, 0.717) is 11.7 Å². The molecule has 144 valence electrons. The number of nitrogens with zero attached hydrogens (tertiary/aromatic N) is 3. The highest BCUT2D eigenvalue weighted by Gasteiger charge is 2.18. The lowest BCUT2D eigenvalue weighted by molar-refractivity contribution is 0.445. The first kappa shape index (κ1) is 18.3. The number of aromatic amines is 1. The number of anilines is 1. The molecule has 0 saturated heterocycles. The first-order valence-corrected chi connectivity index (χ1v) is 10.1.